The Balaban J connectivity index is 1.60. The highest BCUT2D eigenvalue weighted by Crippen LogP contribution is 2.20. The zero-order valence-corrected chi connectivity index (χ0v) is 15.8. The summed E-state index contributed by atoms with van der Waals surface area (Å²) in [6.07, 6.45) is 1.46. The largest absolute Gasteiger partial charge is 0.352 e. The lowest BCUT2D eigenvalue weighted by Crippen LogP contribution is -2.45. The summed E-state index contributed by atoms with van der Waals surface area (Å²) in [5.41, 5.74) is 1.06. The van der Waals surface area contributed by atoms with Gasteiger partial charge in [-0.05, 0) is 42.7 Å². The molecule has 0 radical (unpaired) electrons. The number of carbonyl (C=O) groups excluding carboxylic acids is 2. The average Bonchev–Trinajstić information content (AvgIpc) is 2.66. The summed E-state index contributed by atoms with van der Waals surface area (Å²) >= 11 is 3.41. The van der Waals surface area contributed by atoms with Gasteiger partial charge in [-0.15, -0.1) is 0 Å². The smallest absolute Gasteiger partial charge is 0.256 e. The standard InChI is InChI=1S/C20H20BrFN2O2/c21-16-7-3-5-14(11-16)12-23-19(25)15-6-4-10-24(13-15)20(26)17-8-1-2-9-18(17)22/h1-3,5,7-9,11,15H,4,6,10,12-13H2,(H,23,25)/t15-/m1/s1. The van der Waals surface area contributed by atoms with Gasteiger partial charge in [-0.25, -0.2) is 4.39 Å². The summed E-state index contributed by atoms with van der Waals surface area (Å²) in [6.45, 7) is 1.30. The Kier molecular flexibility index (Phi) is 6.04. The first-order valence-electron chi connectivity index (χ1n) is 8.60. The van der Waals surface area contributed by atoms with Crippen LogP contribution in [0.3, 0.4) is 0 Å². The molecule has 4 nitrogen and oxygen atoms in total. The number of benzene rings is 2. The number of halogens is 2. The highest BCUT2D eigenvalue weighted by Gasteiger charge is 2.29. The molecule has 26 heavy (non-hydrogen) atoms. The van der Waals surface area contributed by atoms with Gasteiger partial charge in [-0.1, -0.05) is 40.2 Å². The van der Waals surface area contributed by atoms with E-state index in [-0.39, 0.29) is 23.3 Å². The van der Waals surface area contributed by atoms with E-state index in [1.165, 1.54) is 12.1 Å². The summed E-state index contributed by atoms with van der Waals surface area (Å²) in [5.74, 6) is -1.23. The van der Waals surface area contributed by atoms with Crippen LogP contribution < -0.4 is 5.32 Å². The molecular weight excluding hydrogens is 399 g/mol. The van der Waals surface area contributed by atoms with Crippen molar-refractivity contribution in [3.8, 4) is 0 Å². The molecule has 0 unspecified atom stereocenters. The normalized spacial score (nSPS) is 17.0. The van der Waals surface area contributed by atoms with E-state index in [2.05, 4.69) is 21.2 Å². The van der Waals surface area contributed by atoms with Crippen molar-refractivity contribution in [3.05, 3.63) is 69.9 Å². The second kappa shape index (κ2) is 8.45. The maximum atomic E-state index is 13.9. The van der Waals surface area contributed by atoms with Gasteiger partial charge in [0.25, 0.3) is 5.91 Å². The monoisotopic (exact) mass is 418 g/mol. The van der Waals surface area contributed by atoms with Gasteiger partial charge in [0.15, 0.2) is 0 Å². The predicted molar refractivity (Wildman–Crippen MR) is 101 cm³/mol. The molecule has 0 bridgehead atoms. The number of hydrogen-bond donors (Lipinski definition) is 1. The molecule has 2 amide bonds. The molecule has 1 aliphatic heterocycles. The van der Waals surface area contributed by atoms with Gasteiger partial charge < -0.3 is 10.2 Å². The number of amides is 2. The Morgan fingerprint density at radius 3 is 2.77 bits per heavy atom. The molecule has 0 aliphatic carbocycles. The summed E-state index contributed by atoms with van der Waals surface area (Å²) in [4.78, 5) is 26.6. The average molecular weight is 419 g/mol. The van der Waals surface area contributed by atoms with Crippen molar-refractivity contribution >= 4 is 27.7 Å². The second-order valence-corrected chi connectivity index (χ2v) is 7.33. The molecular formula is C20H20BrFN2O2. The fraction of sp³-hybridized carbons (Fsp3) is 0.300. The number of nitrogens with zero attached hydrogens (tertiary/aromatic N) is 1. The van der Waals surface area contributed by atoms with E-state index in [1.54, 1.807) is 17.0 Å². The molecule has 1 heterocycles. The zero-order valence-electron chi connectivity index (χ0n) is 14.3. The predicted octanol–water partition coefficient (Wildman–Crippen LogP) is 3.76. The van der Waals surface area contributed by atoms with E-state index in [4.69, 9.17) is 0 Å². The van der Waals surface area contributed by atoms with Gasteiger partial charge in [-0.2, -0.15) is 0 Å². The van der Waals surface area contributed by atoms with Crippen LogP contribution in [-0.2, 0) is 11.3 Å². The molecule has 1 atom stereocenters. The summed E-state index contributed by atoms with van der Waals surface area (Å²) < 4.78 is 14.8. The molecule has 0 saturated carbocycles. The van der Waals surface area contributed by atoms with Crippen LogP contribution in [0.2, 0.25) is 0 Å². The van der Waals surface area contributed by atoms with E-state index in [9.17, 15) is 14.0 Å². The second-order valence-electron chi connectivity index (χ2n) is 6.42. The van der Waals surface area contributed by atoms with Gasteiger partial charge >= 0.3 is 0 Å². The number of carbonyl (C=O) groups is 2. The van der Waals surface area contributed by atoms with Crippen molar-refractivity contribution in [1.29, 1.82) is 0 Å². The van der Waals surface area contributed by atoms with Crippen molar-refractivity contribution in [2.75, 3.05) is 13.1 Å². The Labute approximate surface area is 160 Å². The Bertz CT molecular complexity index is 812. The van der Waals surface area contributed by atoms with Crippen LogP contribution in [0.25, 0.3) is 0 Å². The topological polar surface area (TPSA) is 49.4 Å². The molecule has 1 saturated heterocycles. The first-order chi connectivity index (χ1) is 12.5. The fourth-order valence-electron chi connectivity index (χ4n) is 3.16. The fourth-order valence-corrected chi connectivity index (χ4v) is 3.61. The zero-order chi connectivity index (χ0) is 18.5. The molecule has 6 heteroatoms. The van der Waals surface area contributed by atoms with E-state index in [0.29, 0.717) is 19.6 Å². The minimum absolute atomic E-state index is 0.0580. The molecule has 0 aromatic heterocycles. The van der Waals surface area contributed by atoms with Gasteiger partial charge in [0.1, 0.15) is 5.82 Å². The van der Waals surface area contributed by atoms with Crippen LogP contribution in [0.15, 0.2) is 53.0 Å². The number of piperidine rings is 1. The molecule has 1 N–H and O–H groups in total. The summed E-state index contributed by atoms with van der Waals surface area (Å²) in [6, 6.07) is 13.7. The maximum absolute atomic E-state index is 13.9. The Morgan fingerprint density at radius 1 is 1.19 bits per heavy atom. The minimum atomic E-state index is -0.529. The highest BCUT2D eigenvalue weighted by molar-refractivity contribution is 9.10. The van der Waals surface area contributed by atoms with Crippen molar-refractivity contribution in [2.24, 2.45) is 5.92 Å². The molecule has 3 rings (SSSR count). The molecule has 1 fully saturated rings. The Morgan fingerprint density at radius 2 is 2.00 bits per heavy atom. The van der Waals surface area contributed by atoms with Crippen molar-refractivity contribution in [1.82, 2.24) is 10.2 Å². The van der Waals surface area contributed by atoms with Crippen LogP contribution in [0.5, 0.6) is 0 Å². The number of hydrogen-bond acceptors (Lipinski definition) is 2. The van der Waals surface area contributed by atoms with E-state index in [0.717, 1.165) is 22.9 Å². The molecule has 2 aromatic carbocycles. The van der Waals surface area contributed by atoms with E-state index in [1.807, 2.05) is 24.3 Å². The highest BCUT2D eigenvalue weighted by atomic mass is 79.9. The van der Waals surface area contributed by atoms with Gasteiger partial charge in [-0.3, -0.25) is 9.59 Å². The number of likely N-dealkylation sites (tertiary alicyclic amines) is 1. The van der Waals surface area contributed by atoms with Gasteiger partial charge in [0.2, 0.25) is 5.91 Å². The number of rotatable bonds is 4. The van der Waals surface area contributed by atoms with Crippen molar-refractivity contribution in [2.45, 2.75) is 19.4 Å². The summed E-state index contributed by atoms with van der Waals surface area (Å²) in [7, 11) is 0. The minimum Gasteiger partial charge on any atom is -0.352 e. The first kappa shape index (κ1) is 18.6. The maximum Gasteiger partial charge on any atom is 0.256 e. The van der Waals surface area contributed by atoms with Crippen LogP contribution in [0, 0.1) is 11.7 Å². The van der Waals surface area contributed by atoms with Gasteiger partial charge in [0.05, 0.1) is 11.5 Å². The third kappa shape index (κ3) is 4.49. The third-order valence-corrected chi connectivity index (χ3v) is 5.03. The van der Waals surface area contributed by atoms with Crippen molar-refractivity contribution in [3.63, 3.8) is 0 Å². The number of nitrogens with one attached hydrogen (secondary N) is 1. The van der Waals surface area contributed by atoms with Crippen molar-refractivity contribution < 1.29 is 14.0 Å². The lowest BCUT2D eigenvalue weighted by atomic mass is 9.96. The molecule has 1 aliphatic rings. The van der Waals surface area contributed by atoms with Crippen LogP contribution in [0.1, 0.15) is 28.8 Å². The van der Waals surface area contributed by atoms with Crippen LogP contribution in [-0.4, -0.2) is 29.8 Å². The third-order valence-electron chi connectivity index (χ3n) is 4.54. The Hall–Kier alpha value is -2.21. The van der Waals surface area contributed by atoms with Gasteiger partial charge in [0, 0.05) is 24.1 Å². The lowest BCUT2D eigenvalue weighted by Gasteiger charge is -2.32. The lowest BCUT2D eigenvalue weighted by molar-refractivity contribution is -0.126. The van der Waals surface area contributed by atoms with E-state index >= 15 is 0 Å². The quantitative estimate of drug-likeness (QED) is 0.821. The molecule has 136 valence electrons. The molecule has 2 aromatic rings. The SMILES string of the molecule is O=C(NCc1cccc(Br)c1)[C@@H]1CCCN(C(=O)c2ccccc2F)C1. The van der Waals surface area contributed by atoms with Crippen LogP contribution in [0.4, 0.5) is 4.39 Å². The van der Waals surface area contributed by atoms with E-state index < -0.39 is 5.82 Å². The summed E-state index contributed by atoms with van der Waals surface area (Å²) in [5, 5.41) is 2.93. The molecule has 0 spiro atoms. The first-order valence-corrected chi connectivity index (χ1v) is 9.40. The van der Waals surface area contributed by atoms with Crippen LogP contribution >= 0.6 is 15.9 Å².